The predicted molar refractivity (Wildman–Crippen MR) is 89.2 cm³/mol. The van der Waals surface area contributed by atoms with Crippen molar-refractivity contribution >= 4 is 17.3 Å². The molecule has 1 fully saturated rings. The Morgan fingerprint density at radius 3 is 2.62 bits per heavy atom. The summed E-state index contributed by atoms with van der Waals surface area (Å²) in [6.45, 7) is 7.67. The van der Waals surface area contributed by atoms with E-state index in [0.29, 0.717) is 11.8 Å². The normalized spacial score (nSPS) is 17.4. The Hall–Kier alpha value is -0.870. The molecule has 118 valence electrons. The van der Waals surface area contributed by atoms with Crippen molar-refractivity contribution in [3.05, 3.63) is 17.7 Å². The van der Waals surface area contributed by atoms with Crippen LogP contribution in [0.5, 0.6) is 0 Å². The zero-order valence-electron chi connectivity index (χ0n) is 13.6. The number of aromatic nitrogens is 2. The molecule has 5 heteroatoms. The van der Waals surface area contributed by atoms with Crippen LogP contribution in [-0.4, -0.2) is 48.6 Å². The van der Waals surface area contributed by atoms with Crippen LogP contribution in [0, 0.1) is 5.92 Å². The van der Waals surface area contributed by atoms with Crippen LogP contribution >= 0.6 is 11.6 Å². The molecule has 0 saturated carbocycles. The third kappa shape index (κ3) is 4.30. The highest BCUT2D eigenvalue weighted by atomic mass is 35.5. The molecule has 0 aromatic carbocycles. The monoisotopic (exact) mass is 310 g/mol. The van der Waals surface area contributed by atoms with Gasteiger partial charge in [0.2, 0.25) is 0 Å². The minimum atomic E-state index is 0.334. The van der Waals surface area contributed by atoms with E-state index in [4.69, 9.17) is 11.6 Å². The first kappa shape index (κ1) is 16.5. The van der Waals surface area contributed by atoms with Gasteiger partial charge in [-0.3, -0.25) is 0 Å². The summed E-state index contributed by atoms with van der Waals surface area (Å²) < 4.78 is 0. The average Bonchev–Trinajstić information content (AvgIpc) is 2.48. The molecule has 1 aromatic rings. The Bertz CT molecular complexity index is 456. The van der Waals surface area contributed by atoms with Gasteiger partial charge in [-0.1, -0.05) is 13.8 Å². The lowest BCUT2D eigenvalue weighted by Gasteiger charge is -2.32. The van der Waals surface area contributed by atoms with Crippen molar-refractivity contribution in [1.29, 1.82) is 0 Å². The topological polar surface area (TPSA) is 32.3 Å². The molecular formula is C16H27ClN4. The summed E-state index contributed by atoms with van der Waals surface area (Å²) >= 11 is 6.09. The maximum atomic E-state index is 6.09. The number of hydrogen-bond acceptors (Lipinski definition) is 4. The zero-order valence-corrected chi connectivity index (χ0v) is 14.4. The Kier molecular flexibility index (Phi) is 5.82. The average molecular weight is 311 g/mol. The molecule has 0 spiro atoms. The maximum Gasteiger partial charge on any atom is 0.131 e. The van der Waals surface area contributed by atoms with E-state index >= 15 is 0 Å². The van der Waals surface area contributed by atoms with Gasteiger partial charge in [0.25, 0.3) is 0 Å². The molecule has 0 atom stereocenters. The summed E-state index contributed by atoms with van der Waals surface area (Å²) in [5.41, 5.74) is 2.03. The van der Waals surface area contributed by atoms with Crippen LogP contribution < -0.4 is 4.90 Å². The fourth-order valence-corrected chi connectivity index (χ4v) is 3.05. The Labute approximate surface area is 133 Å². The fraction of sp³-hybridized carbons (Fsp3) is 0.750. The second-order valence-electron chi connectivity index (χ2n) is 6.48. The number of alkyl halides is 1. The lowest BCUT2D eigenvalue weighted by atomic mass is 9.96. The Morgan fingerprint density at radius 1 is 1.38 bits per heavy atom. The third-order valence-electron chi connectivity index (χ3n) is 4.29. The van der Waals surface area contributed by atoms with Gasteiger partial charge in [0.1, 0.15) is 5.82 Å². The smallest absolute Gasteiger partial charge is 0.131 e. The highest BCUT2D eigenvalue weighted by Crippen LogP contribution is 2.24. The lowest BCUT2D eigenvalue weighted by molar-refractivity contribution is 0.222. The number of nitrogens with zero attached hydrogens (tertiary/aromatic N) is 4. The SMILES string of the molecule is CC(C)c1ncc(N(C)CC2CCN(C)CC2)c(CCl)n1. The number of piperidine rings is 1. The number of anilines is 1. The first-order valence-electron chi connectivity index (χ1n) is 7.82. The predicted octanol–water partition coefficient (Wildman–Crippen LogP) is 3.12. The maximum absolute atomic E-state index is 6.09. The molecule has 0 amide bonds. The van der Waals surface area contributed by atoms with E-state index < -0.39 is 0 Å². The Morgan fingerprint density at radius 2 is 2.05 bits per heavy atom. The summed E-state index contributed by atoms with van der Waals surface area (Å²) in [7, 11) is 4.33. The van der Waals surface area contributed by atoms with Crippen LogP contribution in [0.4, 0.5) is 5.69 Å². The van der Waals surface area contributed by atoms with Crippen LogP contribution in [0.25, 0.3) is 0 Å². The molecule has 2 rings (SSSR count). The lowest BCUT2D eigenvalue weighted by Crippen LogP contribution is -2.36. The molecule has 1 saturated heterocycles. The van der Waals surface area contributed by atoms with E-state index in [9.17, 15) is 0 Å². The fourth-order valence-electron chi connectivity index (χ4n) is 2.85. The van der Waals surface area contributed by atoms with Crippen LogP contribution in [0.3, 0.4) is 0 Å². The molecular weight excluding hydrogens is 284 g/mol. The zero-order chi connectivity index (χ0) is 15.4. The van der Waals surface area contributed by atoms with Crippen molar-refractivity contribution in [2.75, 3.05) is 38.6 Å². The van der Waals surface area contributed by atoms with Gasteiger partial charge in [0.15, 0.2) is 0 Å². The van der Waals surface area contributed by atoms with Crippen LogP contribution in [0.2, 0.25) is 0 Å². The van der Waals surface area contributed by atoms with Gasteiger partial charge in [-0.2, -0.15) is 0 Å². The third-order valence-corrected chi connectivity index (χ3v) is 4.54. The molecule has 0 radical (unpaired) electrons. The Balaban J connectivity index is 2.06. The molecule has 1 aromatic heterocycles. The minimum Gasteiger partial charge on any atom is -0.372 e. The molecule has 0 unspecified atom stereocenters. The molecule has 0 aliphatic carbocycles. The minimum absolute atomic E-state index is 0.334. The van der Waals surface area contributed by atoms with E-state index in [-0.39, 0.29) is 0 Å². The molecule has 1 aliphatic heterocycles. The van der Waals surface area contributed by atoms with Gasteiger partial charge < -0.3 is 9.80 Å². The van der Waals surface area contributed by atoms with E-state index in [1.165, 1.54) is 25.9 Å². The molecule has 0 N–H and O–H groups in total. The van der Waals surface area contributed by atoms with Crippen LogP contribution in [0.1, 0.15) is 44.1 Å². The molecule has 0 bridgehead atoms. The van der Waals surface area contributed by atoms with Crippen LogP contribution in [-0.2, 0) is 5.88 Å². The molecule has 4 nitrogen and oxygen atoms in total. The summed E-state index contributed by atoms with van der Waals surface area (Å²) in [5, 5.41) is 0. The first-order chi connectivity index (χ1) is 10.0. The quantitative estimate of drug-likeness (QED) is 0.782. The van der Waals surface area contributed by atoms with Crippen molar-refractivity contribution < 1.29 is 0 Å². The van der Waals surface area contributed by atoms with Crippen LogP contribution in [0.15, 0.2) is 6.20 Å². The van der Waals surface area contributed by atoms with Crippen molar-refractivity contribution in [2.45, 2.75) is 38.5 Å². The largest absolute Gasteiger partial charge is 0.372 e. The summed E-state index contributed by atoms with van der Waals surface area (Å²) in [5.74, 6) is 2.40. The van der Waals surface area contributed by atoms with Crippen molar-refractivity contribution in [1.82, 2.24) is 14.9 Å². The van der Waals surface area contributed by atoms with E-state index in [1.54, 1.807) is 0 Å². The van der Waals surface area contributed by atoms with Gasteiger partial charge in [-0.05, 0) is 38.9 Å². The van der Waals surface area contributed by atoms with E-state index in [2.05, 4.69) is 47.7 Å². The number of rotatable bonds is 5. The van der Waals surface area contributed by atoms with Crippen molar-refractivity contribution in [3.8, 4) is 0 Å². The molecule has 2 heterocycles. The van der Waals surface area contributed by atoms with E-state index in [0.717, 1.165) is 29.7 Å². The van der Waals surface area contributed by atoms with E-state index in [1.807, 2.05) is 6.20 Å². The van der Waals surface area contributed by atoms with Gasteiger partial charge >= 0.3 is 0 Å². The standard InChI is InChI=1S/C16H27ClN4/c1-12(2)16-18-10-15(14(9-17)19-16)21(4)11-13-5-7-20(3)8-6-13/h10,12-13H,5-9,11H2,1-4H3. The summed E-state index contributed by atoms with van der Waals surface area (Å²) in [6.07, 6.45) is 4.47. The van der Waals surface area contributed by atoms with Gasteiger partial charge in [-0.25, -0.2) is 9.97 Å². The summed E-state index contributed by atoms with van der Waals surface area (Å²) in [4.78, 5) is 13.8. The highest BCUT2D eigenvalue weighted by Gasteiger charge is 2.20. The van der Waals surface area contributed by atoms with Gasteiger partial charge in [0.05, 0.1) is 23.5 Å². The number of halogens is 1. The van der Waals surface area contributed by atoms with Crippen molar-refractivity contribution in [2.24, 2.45) is 5.92 Å². The second kappa shape index (κ2) is 7.41. The van der Waals surface area contributed by atoms with Crippen molar-refractivity contribution in [3.63, 3.8) is 0 Å². The van der Waals surface area contributed by atoms with Gasteiger partial charge in [-0.15, -0.1) is 11.6 Å². The summed E-state index contributed by atoms with van der Waals surface area (Å²) in [6, 6.07) is 0. The first-order valence-corrected chi connectivity index (χ1v) is 8.36. The molecule has 1 aliphatic rings. The number of likely N-dealkylation sites (tertiary alicyclic amines) is 1. The second-order valence-corrected chi connectivity index (χ2v) is 6.74. The number of hydrogen-bond donors (Lipinski definition) is 0. The molecule has 21 heavy (non-hydrogen) atoms. The van der Waals surface area contributed by atoms with Gasteiger partial charge in [0, 0.05) is 19.5 Å². The highest BCUT2D eigenvalue weighted by molar-refractivity contribution is 6.17.